The predicted octanol–water partition coefficient (Wildman–Crippen LogP) is 1.92. The molecule has 0 fully saturated rings. The number of carbonyl (C=O) groups is 1. The van der Waals surface area contributed by atoms with Crippen molar-refractivity contribution in [3.05, 3.63) is 48.4 Å². The van der Waals surface area contributed by atoms with E-state index in [1.807, 2.05) is 0 Å². The molecule has 0 aliphatic heterocycles. The second kappa shape index (κ2) is 4.41. The molecular weight excluding hydrogens is 244 g/mol. The van der Waals surface area contributed by atoms with E-state index in [1.165, 1.54) is 12.1 Å². The molecule has 3 N–H and O–H groups in total. The number of phenols is 1. The Bertz CT molecular complexity index is 734. The van der Waals surface area contributed by atoms with Crippen LogP contribution >= 0.6 is 0 Å². The number of aromatic nitrogens is 3. The summed E-state index contributed by atoms with van der Waals surface area (Å²) >= 11 is 0. The molecule has 2 aromatic heterocycles. The van der Waals surface area contributed by atoms with Gasteiger partial charge >= 0.3 is 0 Å². The van der Waals surface area contributed by atoms with Gasteiger partial charge < -0.3 is 10.4 Å². The molecule has 1 aromatic carbocycles. The van der Waals surface area contributed by atoms with Crippen molar-refractivity contribution < 1.29 is 9.90 Å². The van der Waals surface area contributed by atoms with Gasteiger partial charge in [0.2, 0.25) is 0 Å². The van der Waals surface area contributed by atoms with Gasteiger partial charge in [0.25, 0.3) is 5.91 Å². The van der Waals surface area contributed by atoms with Crippen LogP contribution in [-0.4, -0.2) is 26.2 Å². The normalized spacial score (nSPS) is 10.5. The predicted molar refractivity (Wildman–Crippen MR) is 69.9 cm³/mol. The number of carbonyl (C=O) groups excluding carboxylic acids is 1. The number of aromatic hydroxyl groups is 1. The lowest BCUT2D eigenvalue weighted by atomic mass is 10.2. The summed E-state index contributed by atoms with van der Waals surface area (Å²) in [5.74, 6) is -0.183. The number of amides is 1. The second-order valence-electron chi connectivity index (χ2n) is 3.99. The van der Waals surface area contributed by atoms with Crippen molar-refractivity contribution >= 4 is 22.5 Å². The van der Waals surface area contributed by atoms with E-state index in [0.29, 0.717) is 11.1 Å². The second-order valence-corrected chi connectivity index (χ2v) is 3.99. The maximum Gasteiger partial charge on any atom is 0.276 e. The fraction of sp³-hybridized carbons (Fsp3) is 0. The zero-order chi connectivity index (χ0) is 13.2. The average Bonchev–Trinajstić information content (AvgIpc) is 2.85. The number of nitrogens with zero attached hydrogens (tertiary/aromatic N) is 2. The van der Waals surface area contributed by atoms with Crippen molar-refractivity contribution in [1.29, 1.82) is 0 Å². The van der Waals surface area contributed by atoms with Gasteiger partial charge in [-0.05, 0) is 30.3 Å². The molecule has 0 radical (unpaired) electrons. The third kappa shape index (κ3) is 2.11. The van der Waals surface area contributed by atoms with Crippen molar-refractivity contribution in [1.82, 2.24) is 15.2 Å². The van der Waals surface area contributed by atoms with E-state index in [4.69, 9.17) is 0 Å². The first-order valence-corrected chi connectivity index (χ1v) is 5.62. The fourth-order valence-corrected chi connectivity index (χ4v) is 1.77. The zero-order valence-corrected chi connectivity index (χ0v) is 9.79. The molecule has 0 saturated heterocycles. The fourth-order valence-electron chi connectivity index (χ4n) is 1.77. The van der Waals surface area contributed by atoms with Gasteiger partial charge in [0.15, 0.2) is 5.69 Å². The first kappa shape index (κ1) is 11.2. The molecule has 19 heavy (non-hydrogen) atoms. The maximum absolute atomic E-state index is 12.1. The number of pyridine rings is 1. The Balaban J connectivity index is 1.90. The summed E-state index contributed by atoms with van der Waals surface area (Å²) in [5.41, 5.74) is 1.63. The van der Waals surface area contributed by atoms with E-state index in [2.05, 4.69) is 20.5 Å². The maximum atomic E-state index is 12.1. The average molecular weight is 254 g/mol. The van der Waals surface area contributed by atoms with Gasteiger partial charge in [0.1, 0.15) is 5.75 Å². The van der Waals surface area contributed by atoms with E-state index in [1.54, 1.807) is 30.6 Å². The molecule has 1 amide bonds. The van der Waals surface area contributed by atoms with Gasteiger partial charge in [-0.2, -0.15) is 5.10 Å². The van der Waals surface area contributed by atoms with Gasteiger partial charge in [0.05, 0.1) is 10.9 Å². The summed E-state index contributed by atoms with van der Waals surface area (Å²) in [4.78, 5) is 16.1. The Morgan fingerprint density at radius 2 is 2.00 bits per heavy atom. The summed E-state index contributed by atoms with van der Waals surface area (Å²) < 4.78 is 0. The third-order valence-electron chi connectivity index (χ3n) is 2.70. The SMILES string of the molecule is O=C(Nc1ccc(O)cc1)c1n[nH]c2ccncc12. The van der Waals surface area contributed by atoms with E-state index in [0.717, 1.165) is 5.52 Å². The van der Waals surface area contributed by atoms with Gasteiger partial charge in [-0.3, -0.25) is 14.9 Å². The molecule has 0 spiro atoms. The summed E-state index contributed by atoms with van der Waals surface area (Å²) in [6.45, 7) is 0. The summed E-state index contributed by atoms with van der Waals surface area (Å²) in [7, 11) is 0. The van der Waals surface area contributed by atoms with Gasteiger partial charge in [-0.15, -0.1) is 0 Å². The number of rotatable bonds is 2. The standard InChI is InChI=1S/C13H10N4O2/c18-9-3-1-8(2-4-9)15-13(19)12-10-7-14-6-5-11(10)16-17-12/h1-7,18H,(H,15,19)(H,16,17). The Morgan fingerprint density at radius 3 is 2.79 bits per heavy atom. The molecule has 3 rings (SSSR count). The topological polar surface area (TPSA) is 90.9 Å². The number of fused-ring (bicyclic) bond motifs is 1. The lowest BCUT2D eigenvalue weighted by Gasteiger charge is -2.03. The van der Waals surface area contributed by atoms with Crippen molar-refractivity contribution in [2.45, 2.75) is 0 Å². The van der Waals surface area contributed by atoms with Crippen LogP contribution in [0.3, 0.4) is 0 Å². The van der Waals surface area contributed by atoms with Gasteiger partial charge in [-0.1, -0.05) is 0 Å². The molecular formula is C13H10N4O2. The third-order valence-corrected chi connectivity index (χ3v) is 2.70. The van der Waals surface area contributed by atoms with E-state index in [9.17, 15) is 9.90 Å². The molecule has 0 bridgehead atoms. The minimum Gasteiger partial charge on any atom is -0.508 e. The number of nitrogens with one attached hydrogen (secondary N) is 2. The highest BCUT2D eigenvalue weighted by Gasteiger charge is 2.14. The van der Waals surface area contributed by atoms with Crippen molar-refractivity contribution in [2.24, 2.45) is 0 Å². The molecule has 0 saturated carbocycles. The summed E-state index contributed by atoms with van der Waals surface area (Å²) in [5, 5.41) is 19.3. The number of phenolic OH excluding ortho intramolecular Hbond substituents is 1. The van der Waals surface area contributed by atoms with Crippen molar-refractivity contribution in [3.63, 3.8) is 0 Å². The van der Waals surface area contributed by atoms with Crippen LogP contribution in [0.2, 0.25) is 0 Å². The minimum atomic E-state index is -0.329. The van der Waals surface area contributed by atoms with Gasteiger partial charge in [0, 0.05) is 18.1 Å². The quantitative estimate of drug-likeness (QED) is 0.609. The van der Waals surface area contributed by atoms with Crippen LogP contribution in [0.5, 0.6) is 5.75 Å². The molecule has 3 aromatic rings. The highest BCUT2D eigenvalue weighted by molar-refractivity contribution is 6.10. The van der Waals surface area contributed by atoms with Crippen LogP contribution in [0.4, 0.5) is 5.69 Å². The molecule has 6 nitrogen and oxygen atoms in total. The van der Waals surface area contributed by atoms with Crippen LogP contribution in [-0.2, 0) is 0 Å². The molecule has 0 unspecified atom stereocenters. The molecule has 0 aliphatic carbocycles. The van der Waals surface area contributed by atoms with Crippen molar-refractivity contribution in [2.75, 3.05) is 5.32 Å². The van der Waals surface area contributed by atoms with Crippen molar-refractivity contribution in [3.8, 4) is 5.75 Å². The Hall–Kier alpha value is -2.89. The molecule has 0 atom stereocenters. The van der Waals surface area contributed by atoms with Crippen LogP contribution in [0, 0.1) is 0 Å². The number of hydrogen-bond acceptors (Lipinski definition) is 4. The number of aromatic amines is 1. The van der Waals surface area contributed by atoms with Crippen LogP contribution in [0.15, 0.2) is 42.7 Å². The lowest BCUT2D eigenvalue weighted by Crippen LogP contribution is -2.12. The molecule has 6 heteroatoms. The number of H-pyrrole nitrogens is 1. The number of hydrogen-bond donors (Lipinski definition) is 3. The smallest absolute Gasteiger partial charge is 0.276 e. The first-order chi connectivity index (χ1) is 9.24. The largest absolute Gasteiger partial charge is 0.508 e. The number of anilines is 1. The van der Waals surface area contributed by atoms with E-state index < -0.39 is 0 Å². The van der Waals surface area contributed by atoms with E-state index in [-0.39, 0.29) is 17.4 Å². The van der Waals surface area contributed by atoms with Crippen LogP contribution in [0.1, 0.15) is 10.5 Å². The Labute approximate surface area is 108 Å². The zero-order valence-electron chi connectivity index (χ0n) is 9.79. The summed E-state index contributed by atoms with van der Waals surface area (Å²) in [6, 6.07) is 7.97. The Kier molecular flexibility index (Phi) is 2.60. The molecule has 2 heterocycles. The highest BCUT2D eigenvalue weighted by Crippen LogP contribution is 2.17. The lowest BCUT2D eigenvalue weighted by molar-refractivity contribution is 0.102. The minimum absolute atomic E-state index is 0.146. The summed E-state index contributed by atoms with van der Waals surface area (Å²) in [6.07, 6.45) is 3.22. The monoisotopic (exact) mass is 254 g/mol. The van der Waals surface area contributed by atoms with Crippen LogP contribution in [0.25, 0.3) is 10.9 Å². The highest BCUT2D eigenvalue weighted by atomic mass is 16.3. The van der Waals surface area contributed by atoms with Crippen LogP contribution < -0.4 is 5.32 Å². The first-order valence-electron chi connectivity index (χ1n) is 5.62. The van der Waals surface area contributed by atoms with E-state index >= 15 is 0 Å². The molecule has 0 aliphatic rings. The molecule has 94 valence electrons. The van der Waals surface area contributed by atoms with Gasteiger partial charge in [-0.25, -0.2) is 0 Å². The number of benzene rings is 1. The Morgan fingerprint density at radius 1 is 1.21 bits per heavy atom.